The van der Waals surface area contributed by atoms with Gasteiger partial charge in [0.25, 0.3) is 17.5 Å². The van der Waals surface area contributed by atoms with Crippen molar-refractivity contribution in [1.82, 2.24) is 10.2 Å². The molecule has 1 aromatic carbocycles. The van der Waals surface area contributed by atoms with E-state index in [1.165, 1.54) is 7.05 Å². The zero-order valence-corrected chi connectivity index (χ0v) is 14.7. The third-order valence-corrected chi connectivity index (χ3v) is 3.60. The number of non-ortho nitro benzene ring substituents is 1. The third-order valence-electron chi connectivity index (χ3n) is 3.60. The van der Waals surface area contributed by atoms with Crippen LogP contribution in [-0.4, -0.2) is 58.2 Å². The molecule has 0 saturated heterocycles. The molecule has 0 aliphatic heterocycles. The topological polar surface area (TPSA) is 176 Å². The fraction of sp³-hybridized carbons (Fsp3) is 0.312. The standard InChI is InChI=1S/C16H17N3O9/c1-18(6-12(21)7-20)15(23)10-2-9(3-11(4-10)19(25)26)14(22)17-5-13-8-27-16(24)28-13/h2-4,8,12,20-21H,5-7H2,1H3,(H,17,22). The Bertz CT molecular complexity index is 933. The van der Waals surface area contributed by atoms with Crippen LogP contribution >= 0.6 is 0 Å². The normalized spacial score (nSPS) is 11.7. The van der Waals surface area contributed by atoms with Gasteiger partial charge >= 0.3 is 5.82 Å². The van der Waals surface area contributed by atoms with Gasteiger partial charge in [0, 0.05) is 36.9 Å². The molecule has 1 unspecified atom stereocenters. The summed E-state index contributed by atoms with van der Waals surface area (Å²) in [6.45, 7) is -0.984. The second kappa shape index (κ2) is 8.92. The SMILES string of the molecule is CN(CC(O)CO)C(=O)c1cc(C(=O)NCc2coc(=O)o2)cc([N+](=O)[O-])c1. The molecular weight excluding hydrogens is 378 g/mol. The van der Waals surface area contributed by atoms with Gasteiger partial charge in [0.1, 0.15) is 6.26 Å². The van der Waals surface area contributed by atoms with E-state index in [0.29, 0.717) is 0 Å². The fourth-order valence-corrected chi connectivity index (χ4v) is 2.26. The van der Waals surface area contributed by atoms with Gasteiger partial charge in [0.05, 0.1) is 24.2 Å². The van der Waals surface area contributed by atoms with E-state index in [4.69, 9.17) is 5.11 Å². The van der Waals surface area contributed by atoms with Gasteiger partial charge in [-0.25, -0.2) is 4.79 Å². The van der Waals surface area contributed by atoms with Gasteiger partial charge in [-0.2, -0.15) is 0 Å². The third kappa shape index (κ3) is 5.25. The van der Waals surface area contributed by atoms with Crippen LogP contribution in [-0.2, 0) is 6.54 Å². The van der Waals surface area contributed by atoms with Crippen LogP contribution in [0.25, 0.3) is 0 Å². The number of benzene rings is 1. The van der Waals surface area contributed by atoms with Crippen molar-refractivity contribution in [3.8, 4) is 0 Å². The average Bonchev–Trinajstić information content (AvgIpc) is 3.09. The number of rotatable bonds is 8. The van der Waals surface area contributed by atoms with Crippen molar-refractivity contribution in [2.24, 2.45) is 0 Å². The number of nitro groups is 1. The molecule has 1 aromatic heterocycles. The van der Waals surface area contributed by atoms with Crippen LogP contribution in [0.4, 0.5) is 5.69 Å². The summed E-state index contributed by atoms with van der Waals surface area (Å²) in [4.78, 5) is 47.0. The minimum absolute atomic E-state index is 0.0396. The molecule has 0 radical (unpaired) electrons. The Hall–Kier alpha value is -3.51. The van der Waals surface area contributed by atoms with Gasteiger partial charge in [-0.15, -0.1) is 0 Å². The summed E-state index contributed by atoms with van der Waals surface area (Å²) in [6, 6.07) is 3.13. The Morgan fingerprint density at radius 2 is 2.00 bits per heavy atom. The number of nitrogens with one attached hydrogen (secondary N) is 1. The monoisotopic (exact) mass is 395 g/mol. The number of likely N-dealkylation sites (N-methyl/N-ethyl adjacent to an activating group) is 1. The maximum Gasteiger partial charge on any atom is 0.518 e. The quantitative estimate of drug-likeness (QED) is 0.392. The zero-order valence-electron chi connectivity index (χ0n) is 14.7. The summed E-state index contributed by atoms with van der Waals surface area (Å²) >= 11 is 0. The highest BCUT2D eigenvalue weighted by Gasteiger charge is 2.21. The van der Waals surface area contributed by atoms with Crippen molar-refractivity contribution in [2.45, 2.75) is 12.6 Å². The molecule has 1 atom stereocenters. The number of amides is 2. The highest BCUT2D eigenvalue weighted by Crippen LogP contribution is 2.19. The first kappa shape index (κ1) is 20.8. The first-order chi connectivity index (χ1) is 13.2. The number of nitro benzene ring substituents is 1. The molecule has 12 nitrogen and oxygen atoms in total. The number of nitrogens with zero attached hydrogens (tertiary/aromatic N) is 2. The van der Waals surface area contributed by atoms with Crippen LogP contribution in [0.2, 0.25) is 0 Å². The summed E-state index contributed by atoms with van der Waals surface area (Å²) in [5, 5.41) is 31.8. The molecule has 0 bridgehead atoms. The smallest absolute Gasteiger partial charge is 0.399 e. The molecule has 28 heavy (non-hydrogen) atoms. The number of aliphatic hydroxyl groups is 2. The number of carbonyl (C=O) groups excluding carboxylic acids is 2. The number of hydrogen-bond acceptors (Lipinski definition) is 9. The molecule has 2 rings (SSSR count). The Morgan fingerprint density at radius 3 is 2.57 bits per heavy atom. The van der Waals surface area contributed by atoms with Crippen LogP contribution in [0.3, 0.4) is 0 Å². The van der Waals surface area contributed by atoms with Crippen LogP contribution < -0.4 is 11.1 Å². The largest absolute Gasteiger partial charge is 0.518 e. The van der Waals surface area contributed by atoms with Crippen molar-refractivity contribution >= 4 is 17.5 Å². The van der Waals surface area contributed by atoms with Gasteiger partial charge in [-0.3, -0.25) is 19.7 Å². The molecule has 1 heterocycles. The summed E-state index contributed by atoms with van der Waals surface area (Å²) in [6.07, 6.45) is -0.174. The molecular formula is C16H17N3O9. The zero-order chi connectivity index (χ0) is 20.8. The Labute approximate surface area is 157 Å². The van der Waals surface area contributed by atoms with E-state index in [2.05, 4.69) is 14.2 Å². The lowest BCUT2D eigenvalue weighted by Crippen LogP contribution is -2.36. The van der Waals surface area contributed by atoms with Gasteiger partial charge in [0.15, 0.2) is 5.76 Å². The van der Waals surface area contributed by atoms with E-state index in [0.717, 1.165) is 29.4 Å². The van der Waals surface area contributed by atoms with E-state index in [-0.39, 0.29) is 30.0 Å². The lowest BCUT2D eigenvalue weighted by atomic mass is 10.1. The van der Waals surface area contributed by atoms with Gasteiger partial charge in [-0.1, -0.05) is 0 Å². The molecule has 0 spiro atoms. The molecule has 12 heteroatoms. The van der Waals surface area contributed by atoms with E-state index in [1.807, 2.05) is 0 Å². The predicted octanol–water partition coefficient (Wildman–Crippen LogP) is -0.504. The molecule has 2 amide bonds. The summed E-state index contributed by atoms with van der Waals surface area (Å²) in [7, 11) is 1.33. The Kier molecular flexibility index (Phi) is 6.63. The number of carbonyl (C=O) groups is 2. The maximum absolute atomic E-state index is 12.4. The molecule has 0 fully saturated rings. The average molecular weight is 395 g/mol. The van der Waals surface area contributed by atoms with Gasteiger partial charge in [0.2, 0.25) is 0 Å². The van der Waals surface area contributed by atoms with Gasteiger partial charge in [-0.05, 0) is 6.07 Å². The Balaban J connectivity index is 2.24. The molecule has 0 saturated carbocycles. The second-order valence-electron chi connectivity index (χ2n) is 5.78. The summed E-state index contributed by atoms with van der Waals surface area (Å²) < 4.78 is 9.04. The molecule has 150 valence electrons. The molecule has 2 aromatic rings. The van der Waals surface area contributed by atoms with Crippen molar-refractivity contribution in [3.05, 3.63) is 62.1 Å². The first-order valence-electron chi connectivity index (χ1n) is 7.91. The predicted molar refractivity (Wildman–Crippen MR) is 91.6 cm³/mol. The van der Waals surface area contributed by atoms with E-state index >= 15 is 0 Å². The van der Waals surface area contributed by atoms with Crippen LogP contribution in [0, 0.1) is 10.1 Å². The van der Waals surface area contributed by atoms with Crippen molar-refractivity contribution in [2.75, 3.05) is 20.2 Å². The van der Waals surface area contributed by atoms with Crippen LogP contribution in [0.1, 0.15) is 26.5 Å². The highest BCUT2D eigenvalue weighted by atomic mass is 16.6. The van der Waals surface area contributed by atoms with Crippen molar-refractivity contribution in [1.29, 1.82) is 0 Å². The maximum atomic E-state index is 12.4. The number of aliphatic hydroxyl groups excluding tert-OH is 2. The second-order valence-corrected chi connectivity index (χ2v) is 5.78. The molecule has 0 aliphatic rings. The van der Waals surface area contributed by atoms with Gasteiger partial charge < -0.3 is 29.3 Å². The molecule has 3 N–H and O–H groups in total. The first-order valence-corrected chi connectivity index (χ1v) is 7.91. The lowest BCUT2D eigenvalue weighted by molar-refractivity contribution is -0.384. The minimum atomic E-state index is -1.18. The van der Waals surface area contributed by atoms with Crippen LogP contribution in [0.5, 0.6) is 0 Å². The molecule has 0 aliphatic carbocycles. The summed E-state index contributed by atoms with van der Waals surface area (Å²) in [5.41, 5.74) is -0.803. The fourth-order valence-electron chi connectivity index (χ4n) is 2.26. The van der Waals surface area contributed by atoms with Crippen LogP contribution in [0.15, 0.2) is 38.1 Å². The summed E-state index contributed by atoms with van der Waals surface area (Å²) in [5.74, 6) is -2.34. The lowest BCUT2D eigenvalue weighted by Gasteiger charge is -2.20. The highest BCUT2D eigenvalue weighted by molar-refractivity contribution is 6.00. The minimum Gasteiger partial charge on any atom is -0.399 e. The van der Waals surface area contributed by atoms with E-state index in [1.54, 1.807) is 0 Å². The van der Waals surface area contributed by atoms with Crippen molar-refractivity contribution < 1.29 is 33.6 Å². The Morgan fingerprint density at radius 1 is 1.32 bits per heavy atom. The number of hydrogen-bond donors (Lipinski definition) is 3. The van der Waals surface area contributed by atoms with E-state index in [9.17, 15) is 29.6 Å². The van der Waals surface area contributed by atoms with Crippen molar-refractivity contribution in [3.63, 3.8) is 0 Å². The van der Waals surface area contributed by atoms with E-state index < -0.39 is 41.0 Å².